The van der Waals surface area contributed by atoms with E-state index in [2.05, 4.69) is 41.9 Å². The van der Waals surface area contributed by atoms with Crippen LogP contribution in [-0.2, 0) is 22.5 Å². The molecule has 6 heteroatoms. The monoisotopic (exact) mass is 442 g/mol. The zero-order valence-electron chi connectivity index (χ0n) is 19.8. The number of methoxy groups -OCH3 is 1. The van der Waals surface area contributed by atoms with Gasteiger partial charge in [-0.25, -0.2) is 14.8 Å². The number of carbonyl (C=O) groups is 1. The Labute approximate surface area is 194 Å². The molecule has 0 fully saturated rings. The quantitative estimate of drug-likeness (QED) is 0.394. The SMILES string of the molecule is CCc1nc2c(C)cc(C)nc2n1Cc1ccc(NC(C(=O)OC)c2ccccc2)c(C)c1. The molecule has 0 bridgehead atoms. The zero-order valence-corrected chi connectivity index (χ0v) is 19.8. The molecule has 1 atom stereocenters. The molecule has 0 radical (unpaired) electrons. The molecule has 0 amide bonds. The van der Waals surface area contributed by atoms with Crippen molar-refractivity contribution in [3.8, 4) is 0 Å². The Morgan fingerprint density at radius 2 is 1.79 bits per heavy atom. The van der Waals surface area contributed by atoms with Crippen molar-refractivity contribution in [3.05, 3.63) is 88.4 Å². The number of aromatic nitrogens is 3. The summed E-state index contributed by atoms with van der Waals surface area (Å²) < 4.78 is 7.25. The van der Waals surface area contributed by atoms with E-state index in [0.717, 1.165) is 57.0 Å². The lowest BCUT2D eigenvalue weighted by Crippen LogP contribution is -2.22. The van der Waals surface area contributed by atoms with E-state index in [4.69, 9.17) is 14.7 Å². The Bertz CT molecular complexity index is 1290. The Morgan fingerprint density at radius 3 is 2.45 bits per heavy atom. The summed E-state index contributed by atoms with van der Waals surface area (Å²) in [5, 5.41) is 3.36. The Kier molecular flexibility index (Phi) is 6.45. The van der Waals surface area contributed by atoms with Gasteiger partial charge < -0.3 is 14.6 Å². The van der Waals surface area contributed by atoms with E-state index in [1.807, 2.05) is 50.2 Å². The summed E-state index contributed by atoms with van der Waals surface area (Å²) in [7, 11) is 1.41. The Hall–Kier alpha value is -3.67. The molecule has 2 aromatic carbocycles. The molecule has 1 N–H and O–H groups in total. The molecule has 0 aliphatic heterocycles. The first-order chi connectivity index (χ1) is 15.9. The summed E-state index contributed by atoms with van der Waals surface area (Å²) in [6.07, 6.45) is 0.839. The van der Waals surface area contributed by atoms with Crippen LogP contribution in [0, 0.1) is 20.8 Å². The van der Waals surface area contributed by atoms with Crippen LogP contribution < -0.4 is 5.32 Å². The van der Waals surface area contributed by atoms with Crippen molar-refractivity contribution in [2.75, 3.05) is 12.4 Å². The molecule has 1 unspecified atom stereocenters. The van der Waals surface area contributed by atoms with Crippen molar-refractivity contribution in [1.29, 1.82) is 0 Å². The fourth-order valence-corrected chi connectivity index (χ4v) is 4.25. The first-order valence-electron chi connectivity index (χ1n) is 11.2. The van der Waals surface area contributed by atoms with E-state index >= 15 is 0 Å². The number of nitrogens with zero attached hydrogens (tertiary/aromatic N) is 3. The molecule has 0 aliphatic rings. The number of hydrogen-bond donors (Lipinski definition) is 1. The van der Waals surface area contributed by atoms with Crippen molar-refractivity contribution >= 4 is 22.8 Å². The van der Waals surface area contributed by atoms with Crippen LogP contribution in [0.15, 0.2) is 54.6 Å². The van der Waals surface area contributed by atoms with Gasteiger partial charge in [-0.2, -0.15) is 0 Å². The lowest BCUT2D eigenvalue weighted by molar-refractivity contribution is -0.141. The molecule has 0 saturated carbocycles. The summed E-state index contributed by atoms with van der Waals surface area (Å²) in [4.78, 5) is 22.1. The number of nitrogens with one attached hydrogen (secondary N) is 1. The number of rotatable bonds is 7. The van der Waals surface area contributed by atoms with Crippen LogP contribution in [0.4, 0.5) is 5.69 Å². The summed E-state index contributed by atoms with van der Waals surface area (Å²) >= 11 is 0. The van der Waals surface area contributed by atoms with Crippen molar-refractivity contribution in [2.24, 2.45) is 0 Å². The van der Waals surface area contributed by atoms with Gasteiger partial charge >= 0.3 is 5.97 Å². The van der Waals surface area contributed by atoms with Gasteiger partial charge in [0.2, 0.25) is 0 Å². The predicted octanol–water partition coefficient (Wildman–Crippen LogP) is 5.29. The maximum Gasteiger partial charge on any atom is 0.332 e. The standard InChI is InChI=1S/C27H30N4O2/c1-6-23-30-24-18(3)14-19(4)28-26(24)31(23)16-20-12-13-22(17(2)15-20)29-25(27(32)33-5)21-10-8-7-9-11-21/h7-15,25,29H,6,16H2,1-5H3. The van der Waals surface area contributed by atoms with Crippen LogP contribution >= 0.6 is 0 Å². The average Bonchev–Trinajstić information content (AvgIpc) is 3.16. The minimum atomic E-state index is -0.569. The molecule has 0 saturated heterocycles. The lowest BCUT2D eigenvalue weighted by Gasteiger charge is -2.20. The second-order valence-corrected chi connectivity index (χ2v) is 8.38. The van der Waals surface area contributed by atoms with E-state index in [1.165, 1.54) is 7.11 Å². The van der Waals surface area contributed by atoms with Crippen molar-refractivity contribution in [1.82, 2.24) is 14.5 Å². The summed E-state index contributed by atoms with van der Waals surface area (Å²) in [5.74, 6) is 0.708. The number of aryl methyl sites for hydroxylation is 4. The molecular weight excluding hydrogens is 412 g/mol. The van der Waals surface area contributed by atoms with E-state index < -0.39 is 6.04 Å². The smallest absolute Gasteiger partial charge is 0.332 e. The third kappa shape index (κ3) is 4.60. The van der Waals surface area contributed by atoms with E-state index in [9.17, 15) is 4.79 Å². The number of pyridine rings is 1. The van der Waals surface area contributed by atoms with Gasteiger partial charge in [0.05, 0.1) is 13.7 Å². The normalized spacial score (nSPS) is 12.0. The predicted molar refractivity (Wildman–Crippen MR) is 131 cm³/mol. The number of carbonyl (C=O) groups excluding carboxylic acids is 1. The van der Waals surface area contributed by atoms with Gasteiger partial charge in [-0.05, 0) is 55.2 Å². The van der Waals surface area contributed by atoms with Crippen LogP contribution in [0.1, 0.15) is 46.7 Å². The number of imidazole rings is 1. The molecule has 2 aromatic heterocycles. The van der Waals surface area contributed by atoms with Gasteiger partial charge in [-0.3, -0.25) is 0 Å². The third-order valence-electron chi connectivity index (χ3n) is 5.92. The van der Waals surface area contributed by atoms with Crippen molar-refractivity contribution < 1.29 is 9.53 Å². The van der Waals surface area contributed by atoms with Gasteiger partial charge in [0.1, 0.15) is 11.3 Å². The van der Waals surface area contributed by atoms with Crippen LogP contribution in [0.2, 0.25) is 0 Å². The number of ether oxygens (including phenoxy) is 1. The fourth-order valence-electron chi connectivity index (χ4n) is 4.25. The highest BCUT2D eigenvalue weighted by atomic mass is 16.5. The van der Waals surface area contributed by atoms with E-state index in [-0.39, 0.29) is 5.97 Å². The van der Waals surface area contributed by atoms with Gasteiger partial charge in [0, 0.05) is 17.8 Å². The molecule has 4 rings (SSSR count). The van der Waals surface area contributed by atoms with E-state index in [0.29, 0.717) is 6.54 Å². The fraction of sp³-hybridized carbons (Fsp3) is 0.296. The third-order valence-corrected chi connectivity index (χ3v) is 5.92. The molecular formula is C27H30N4O2. The van der Waals surface area contributed by atoms with Crippen molar-refractivity contribution in [3.63, 3.8) is 0 Å². The van der Waals surface area contributed by atoms with Gasteiger partial charge in [-0.15, -0.1) is 0 Å². The summed E-state index contributed by atoms with van der Waals surface area (Å²) in [6, 6.07) is 17.4. The Balaban J connectivity index is 1.64. The first-order valence-corrected chi connectivity index (χ1v) is 11.2. The molecule has 4 aromatic rings. The number of anilines is 1. The number of esters is 1. The highest BCUT2D eigenvalue weighted by Crippen LogP contribution is 2.26. The molecule has 33 heavy (non-hydrogen) atoms. The highest BCUT2D eigenvalue weighted by Gasteiger charge is 2.22. The van der Waals surface area contributed by atoms with Gasteiger partial charge in [0.25, 0.3) is 0 Å². The first kappa shape index (κ1) is 22.5. The van der Waals surface area contributed by atoms with Crippen LogP contribution in [-0.4, -0.2) is 27.6 Å². The molecule has 0 aliphatic carbocycles. The highest BCUT2D eigenvalue weighted by molar-refractivity contribution is 5.81. The van der Waals surface area contributed by atoms with Gasteiger partial charge in [0.15, 0.2) is 11.7 Å². The molecule has 2 heterocycles. The zero-order chi connectivity index (χ0) is 23.5. The van der Waals surface area contributed by atoms with E-state index in [1.54, 1.807) is 0 Å². The minimum absolute atomic E-state index is 0.320. The molecule has 170 valence electrons. The number of hydrogen-bond acceptors (Lipinski definition) is 5. The number of benzene rings is 2. The Morgan fingerprint density at radius 1 is 1.03 bits per heavy atom. The summed E-state index contributed by atoms with van der Waals surface area (Å²) in [6.45, 7) is 8.96. The maximum atomic E-state index is 12.5. The van der Waals surface area contributed by atoms with Crippen LogP contribution in [0.25, 0.3) is 11.2 Å². The largest absolute Gasteiger partial charge is 0.467 e. The lowest BCUT2D eigenvalue weighted by atomic mass is 10.0. The van der Waals surface area contributed by atoms with Crippen LogP contribution in [0.3, 0.4) is 0 Å². The average molecular weight is 443 g/mol. The maximum absolute atomic E-state index is 12.5. The van der Waals surface area contributed by atoms with Crippen molar-refractivity contribution in [2.45, 2.75) is 46.7 Å². The second kappa shape index (κ2) is 9.45. The van der Waals surface area contributed by atoms with Crippen LogP contribution in [0.5, 0.6) is 0 Å². The number of fused-ring (bicyclic) bond motifs is 1. The molecule has 6 nitrogen and oxygen atoms in total. The topological polar surface area (TPSA) is 69.0 Å². The minimum Gasteiger partial charge on any atom is -0.467 e. The van der Waals surface area contributed by atoms with Gasteiger partial charge in [-0.1, -0.05) is 49.4 Å². The summed E-state index contributed by atoms with van der Waals surface area (Å²) in [5.41, 5.74) is 8.01. The second-order valence-electron chi connectivity index (χ2n) is 8.38. The molecule has 0 spiro atoms.